The predicted octanol–water partition coefficient (Wildman–Crippen LogP) is 3.80. The van der Waals surface area contributed by atoms with E-state index >= 15 is 0 Å². The zero-order valence-electron chi connectivity index (χ0n) is 15.4. The van der Waals surface area contributed by atoms with Crippen LogP contribution in [0.3, 0.4) is 0 Å². The SMILES string of the molecule is Nc1ccccc1NC(=O)CCCCCCC(=O)NOCc1ccccc1. The molecule has 6 nitrogen and oxygen atoms in total. The first-order valence-electron chi connectivity index (χ1n) is 9.24. The lowest BCUT2D eigenvalue weighted by molar-refractivity contribution is -0.134. The Morgan fingerprint density at radius 2 is 1.44 bits per heavy atom. The number of amides is 2. The number of nitrogens with two attached hydrogens (primary N) is 1. The molecule has 0 fully saturated rings. The summed E-state index contributed by atoms with van der Waals surface area (Å²) >= 11 is 0. The number of carbonyl (C=O) groups excluding carboxylic acids is 2. The highest BCUT2D eigenvalue weighted by Gasteiger charge is 2.05. The number of unbranched alkanes of at least 4 members (excludes halogenated alkanes) is 3. The van der Waals surface area contributed by atoms with E-state index in [0.29, 0.717) is 30.8 Å². The Balaban J connectivity index is 1.47. The third-order valence-corrected chi connectivity index (χ3v) is 4.06. The van der Waals surface area contributed by atoms with Crippen molar-refractivity contribution in [2.45, 2.75) is 45.1 Å². The van der Waals surface area contributed by atoms with Crippen molar-refractivity contribution < 1.29 is 14.4 Å². The normalized spacial score (nSPS) is 10.4. The third kappa shape index (κ3) is 8.37. The minimum atomic E-state index is -0.122. The van der Waals surface area contributed by atoms with Crippen LogP contribution in [0.25, 0.3) is 0 Å². The second-order valence-electron chi connectivity index (χ2n) is 6.35. The molecular weight excluding hydrogens is 342 g/mol. The number of para-hydroxylation sites is 2. The van der Waals surface area contributed by atoms with Gasteiger partial charge in [0.15, 0.2) is 0 Å². The van der Waals surface area contributed by atoms with Crippen molar-refractivity contribution in [2.24, 2.45) is 0 Å². The van der Waals surface area contributed by atoms with E-state index in [4.69, 9.17) is 10.6 Å². The van der Waals surface area contributed by atoms with Gasteiger partial charge in [0.05, 0.1) is 18.0 Å². The molecule has 4 N–H and O–H groups in total. The van der Waals surface area contributed by atoms with Crippen molar-refractivity contribution in [1.82, 2.24) is 5.48 Å². The van der Waals surface area contributed by atoms with Gasteiger partial charge in [0, 0.05) is 12.8 Å². The molecule has 2 amide bonds. The molecule has 2 rings (SSSR count). The van der Waals surface area contributed by atoms with E-state index in [9.17, 15) is 9.59 Å². The summed E-state index contributed by atoms with van der Waals surface area (Å²) in [5.74, 6) is -0.164. The molecule has 0 saturated heterocycles. The Morgan fingerprint density at radius 1 is 0.815 bits per heavy atom. The first-order valence-corrected chi connectivity index (χ1v) is 9.24. The van der Waals surface area contributed by atoms with Crippen LogP contribution in [0.15, 0.2) is 54.6 Å². The van der Waals surface area contributed by atoms with Crippen LogP contribution in [0.1, 0.15) is 44.1 Å². The fourth-order valence-electron chi connectivity index (χ4n) is 2.57. The fourth-order valence-corrected chi connectivity index (χ4v) is 2.57. The van der Waals surface area contributed by atoms with Crippen LogP contribution in [-0.4, -0.2) is 11.8 Å². The largest absolute Gasteiger partial charge is 0.397 e. The minimum Gasteiger partial charge on any atom is -0.397 e. The summed E-state index contributed by atoms with van der Waals surface area (Å²) in [4.78, 5) is 28.8. The highest BCUT2D eigenvalue weighted by Crippen LogP contribution is 2.17. The maximum atomic E-state index is 11.9. The number of rotatable bonds is 11. The minimum absolute atomic E-state index is 0.0417. The number of hydrogen-bond acceptors (Lipinski definition) is 4. The Bertz CT molecular complexity index is 720. The van der Waals surface area contributed by atoms with Gasteiger partial charge in [0.1, 0.15) is 0 Å². The van der Waals surface area contributed by atoms with Crippen molar-refractivity contribution >= 4 is 23.2 Å². The standard InChI is InChI=1S/C21H27N3O3/c22-18-12-8-9-13-19(18)23-20(25)14-6-1-2-7-15-21(26)24-27-16-17-10-4-3-5-11-17/h3-5,8-13H,1-2,6-7,14-16,22H2,(H,23,25)(H,24,26). The number of hydroxylamine groups is 1. The summed E-state index contributed by atoms with van der Waals surface area (Å²) in [6.07, 6.45) is 4.21. The lowest BCUT2D eigenvalue weighted by Crippen LogP contribution is -2.23. The first-order chi connectivity index (χ1) is 13.1. The lowest BCUT2D eigenvalue weighted by Gasteiger charge is -2.08. The Hall–Kier alpha value is -2.86. The average Bonchev–Trinajstić information content (AvgIpc) is 2.67. The summed E-state index contributed by atoms with van der Waals surface area (Å²) < 4.78 is 0. The van der Waals surface area contributed by atoms with Crippen LogP contribution in [-0.2, 0) is 21.0 Å². The Morgan fingerprint density at radius 3 is 2.15 bits per heavy atom. The topological polar surface area (TPSA) is 93.5 Å². The van der Waals surface area contributed by atoms with Gasteiger partial charge < -0.3 is 11.1 Å². The number of anilines is 2. The molecule has 144 valence electrons. The summed E-state index contributed by atoms with van der Waals surface area (Å²) in [7, 11) is 0. The molecule has 0 aliphatic heterocycles. The van der Waals surface area contributed by atoms with Crippen LogP contribution in [0.4, 0.5) is 11.4 Å². The smallest absolute Gasteiger partial charge is 0.243 e. The average molecular weight is 369 g/mol. The van der Waals surface area contributed by atoms with Crippen molar-refractivity contribution in [3.63, 3.8) is 0 Å². The molecular formula is C21H27N3O3. The van der Waals surface area contributed by atoms with Gasteiger partial charge in [-0.2, -0.15) is 0 Å². The van der Waals surface area contributed by atoms with E-state index in [-0.39, 0.29) is 11.8 Å². The number of benzene rings is 2. The third-order valence-electron chi connectivity index (χ3n) is 4.06. The van der Waals surface area contributed by atoms with E-state index in [1.807, 2.05) is 42.5 Å². The number of nitrogens with one attached hydrogen (secondary N) is 2. The molecule has 0 unspecified atom stereocenters. The lowest BCUT2D eigenvalue weighted by atomic mass is 10.1. The van der Waals surface area contributed by atoms with Gasteiger partial charge >= 0.3 is 0 Å². The number of nitrogen functional groups attached to an aromatic ring is 1. The molecule has 0 spiro atoms. The summed E-state index contributed by atoms with van der Waals surface area (Å²) in [5, 5.41) is 2.81. The van der Waals surface area contributed by atoms with Crippen LogP contribution >= 0.6 is 0 Å². The molecule has 0 bridgehead atoms. The summed E-state index contributed by atoms with van der Waals surface area (Å²) in [5.41, 5.74) is 10.5. The monoisotopic (exact) mass is 369 g/mol. The van der Waals surface area contributed by atoms with Gasteiger partial charge in [-0.3, -0.25) is 14.4 Å². The molecule has 0 saturated carbocycles. The molecule has 2 aromatic carbocycles. The van der Waals surface area contributed by atoms with E-state index in [0.717, 1.165) is 31.2 Å². The van der Waals surface area contributed by atoms with Crippen LogP contribution in [0.5, 0.6) is 0 Å². The molecule has 0 aliphatic carbocycles. The zero-order valence-corrected chi connectivity index (χ0v) is 15.4. The number of hydrogen-bond donors (Lipinski definition) is 3. The molecule has 0 aliphatic rings. The van der Waals surface area contributed by atoms with Crippen LogP contribution < -0.4 is 16.5 Å². The highest BCUT2D eigenvalue weighted by molar-refractivity contribution is 5.93. The molecule has 0 heterocycles. The van der Waals surface area contributed by atoms with Gasteiger partial charge in [0.25, 0.3) is 0 Å². The number of carbonyl (C=O) groups is 2. The van der Waals surface area contributed by atoms with E-state index in [2.05, 4.69) is 10.8 Å². The van der Waals surface area contributed by atoms with Crippen molar-refractivity contribution in [2.75, 3.05) is 11.1 Å². The second-order valence-corrected chi connectivity index (χ2v) is 6.35. The molecule has 0 radical (unpaired) electrons. The van der Waals surface area contributed by atoms with Gasteiger partial charge in [-0.25, -0.2) is 5.48 Å². The maximum Gasteiger partial charge on any atom is 0.243 e. The summed E-state index contributed by atoms with van der Waals surface area (Å²) in [6, 6.07) is 16.9. The van der Waals surface area contributed by atoms with E-state index in [1.165, 1.54) is 0 Å². The van der Waals surface area contributed by atoms with Gasteiger partial charge in [0.2, 0.25) is 11.8 Å². The quantitative estimate of drug-likeness (QED) is 0.319. The van der Waals surface area contributed by atoms with E-state index < -0.39 is 0 Å². The van der Waals surface area contributed by atoms with Crippen molar-refractivity contribution in [3.8, 4) is 0 Å². The molecule has 27 heavy (non-hydrogen) atoms. The Kier molecular flexibility index (Phi) is 8.86. The first kappa shape index (κ1) is 20.5. The highest BCUT2D eigenvalue weighted by atomic mass is 16.6. The van der Waals surface area contributed by atoms with Crippen LogP contribution in [0.2, 0.25) is 0 Å². The maximum absolute atomic E-state index is 11.9. The van der Waals surface area contributed by atoms with Gasteiger partial charge in [-0.05, 0) is 30.5 Å². The second kappa shape index (κ2) is 11.7. The molecule has 0 atom stereocenters. The van der Waals surface area contributed by atoms with Crippen molar-refractivity contribution in [3.05, 3.63) is 60.2 Å². The zero-order chi connectivity index (χ0) is 19.3. The molecule has 6 heteroatoms. The van der Waals surface area contributed by atoms with Crippen molar-refractivity contribution in [1.29, 1.82) is 0 Å². The van der Waals surface area contributed by atoms with E-state index in [1.54, 1.807) is 12.1 Å². The molecule has 0 aromatic heterocycles. The fraction of sp³-hybridized carbons (Fsp3) is 0.333. The predicted molar refractivity (Wildman–Crippen MR) is 107 cm³/mol. The molecule has 2 aromatic rings. The van der Waals surface area contributed by atoms with Gasteiger partial charge in [-0.1, -0.05) is 55.3 Å². The van der Waals surface area contributed by atoms with Gasteiger partial charge in [-0.15, -0.1) is 0 Å². The van der Waals surface area contributed by atoms with Crippen LogP contribution in [0, 0.1) is 0 Å². The Labute approximate surface area is 160 Å². The summed E-state index contributed by atoms with van der Waals surface area (Å²) in [6.45, 7) is 0.355.